The van der Waals surface area contributed by atoms with Crippen LogP contribution in [0.1, 0.15) is 35.7 Å². The lowest BCUT2D eigenvalue weighted by atomic mass is 10.1. The Morgan fingerprint density at radius 1 is 1.03 bits per heavy atom. The summed E-state index contributed by atoms with van der Waals surface area (Å²) in [5.74, 6) is -5.06. The summed E-state index contributed by atoms with van der Waals surface area (Å²) in [6.07, 6.45) is -3.00. The molecule has 5 nitrogen and oxygen atoms in total. The summed E-state index contributed by atoms with van der Waals surface area (Å²) in [6, 6.07) is 5.42. The van der Waals surface area contributed by atoms with Crippen LogP contribution in [0.5, 0.6) is 11.5 Å². The number of carbonyl (C=O) groups excluding carboxylic acids is 1. The molecule has 0 saturated carbocycles. The van der Waals surface area contributed by atoms with Crippen LogP contribution >= 0.6 is 0 Å². The van der Waals surface area contributed by atoms with E-state index in [9.17, 15) is 31.1 Å². The monoisotopic (exact) mass is 484 g/mol. The average Bonchev–Trinajstić information content (AvgIpc) is 2.79. The van der Waals surface area contributed by atoms with Crippen molar-refractivity contribution in [2.45, 2.75) is 38.7 Å². The lowest BCUT2D eigenvalue weighted by Gasteiger charge is -2.17. The Morgan fingerprint density at radius 3 is 2.32 bits per heavy atom. The molecule has 0 radical (unpaired) electrons. The predicted molar refractivity (Wildman–Crippen MR) is 109 cm³/mol. The Balaban J connectivity index is 1.71. The number of alkyl halides is 4. The summed E-state index contributed by atoms with van der Waals surface area (Å²) in [5, 5.41) is 0. The molecule has 0 saturated heterocycles. The van der Waals surface area contributed by atoms with Crippen molar-refractivity contribution in [2.75, 3.05) is 0 Å². The molecule has 1 aromatic heterocycles. The third kappa shape index (κ3) is 6.03. The fourth-order valence-corrected chi connectivity index (χ4v) is 2.81. The van der Waals surface area contributed by atoms with Crippen LogP contribution < -0.4 is 9.47 Å². The molecule has 1 heterocycles. The maximum Gasteiger partial charge on any atom is 0.461 e. The third-order valence-electron chi connectivity index (χ3n) is 4.59. The van der Waals surface area contributed by atoms with Crippen LogP contribution in [0.2, 0.25) is 0 Å². The number of aryl methyl sites for hydroxylation is 1. The second-order valence-corrected chi connectivity index (χ2v) is 7.16. The van der Waals surface area contributed by atoms with E-state index in [1.807, 2.05) is 0 Å². The zero-order valence-corrected chi connectivity index (χ0v) is 17.7. The van der Waals surface area contributed by atoms with Gasteiger partial charge in [-0.25, -0.2) is 23.5 Å². The van der Waals surface area contributed by atoms with Gasteiger partial charge in [0.15, 0.2) is 17.4 Å². The normalized spacial score (nSPS) is 11.5. The van der Waals surface area contributed by atoms with E-state index in [0.717, 1.165) is 43.0 Å². The smallest absolute Gasteiger partial charge is 0.425 e. The summed E-state index contributed by atoms with van der Waals surface area (Å²) in [6.45, 7) is 2.06. The maximum absolute atomic E-state index is 14.5. The molecule has 0 spiro atoms. The van der Waals surface area contributed by atoms with E-state index in [-0.39, 0.29) is 5.82 Å². The Bertz CT molecular complexity index is 1160. The lowest BCUT2D eigenvalue weighted by Crippen LogP contribution is -2.33. The maximum atomic E-state index is 14.5. The molecule has 0 unspecified atom stereocenters. The van der Waals surface area contributed by atoms with Crippen molar-refractivity contribution in [3.63, 3.8) is 0 Å². The van der Waals surface area contributed by atoms with Crippen LogP contribution in [0.15, 0.2) is 48.8 Å². The number of ether oxygens (including phenoxy) is 2. The average molecular weight is 484 g/mol. The summed E-state index contributed by atoms with van der Waals surface area (Å²) in [5.41, 5.74) is 0.754. The van der Waals surface area contributed by atoms with E-state index in [1.54, 1.807) is 12.4 Å². The molecule has 180 valence electrons. The Morgan fingerprint density at radius 2 is 1.74 bits per heavy atom. The minimum atomic E-state index is -4.91. The fourth-order valence-electron chi connectivity index (χ4n) is 2.81. The van der Waals surface area contributed by atoms with Gasteiger partial charge in [-0.05, 0) is 42.7 Å². The fraction of sp³-hybridized carbons (Fsp3) is 0.261. The molecule has 0 fully saturated rings. The first-order valence-corrected chi connectivity index (χ1v) is 10.1. The Kier molecular flexibility index (Phi) is 7.75. The summed E-state index contributed by atoms with van der Waals surface area (Å²) < 4.78 is 87.3. The van der Waals surface area contributed by atoms with Gasteiger partial charge in [0.05, 0.1) is 5.56 Å². The minimum Gasteiger partial charge on any atom is -0.425 e. The molecular weight excluding hydrogens is 466 g/mol. The molecule has 0 N–H and O–H groups in total. The number of carbonyl (C=O) groups is 1. The number of halogens is 6. The van der Waals surface area contributed by atoms with E-state index in [4.69, 9.17) is 4.74 Å². The minimum absolute atomic E-state index is 0.248. The highest BCUT2D eigenvalue weighted by Gasteiger charge is 2.44. The van der Waals surface area contributed by atoms with Gasteiger partial charge in [0, 0.05) is 24.0 Å². The van der Waals surface area contributed by atoms with Crippen LogP contribution in [0.3, 0.4) is 0 Å². The predicted octanol–water partition coefficient (Wildman–Crippen LogP) is 6.22. The Hall–Kier alpha value is -3.63. The van der Waals surface area contributed by atoms with Crippen LogP contribution in [-0.4, -0.2) is 28.5 Å². The lowest BCUT2D eigenvalue weighted by molar-refractivity contribution is -0.254. The van der Waals surface area contributed by atoms with Gasteiger partial charge in [0.2, 0.25) is 0 Å². The molecule has 0 aliphatic heterocycles. The molecule has 0 aliphatic carbocycles. The van der Waals surface area contributed by atoms with Crippen molar-refractivity contribution < 1.29 is 40.6 Å². The third-order valence-corrected chi connectivity index (χ3v) is 4.59. The quantitative estimate of drug-likeness (QED) is 0.205. The van der Waals surface area contributed by atoms with Gasteiger partial charge in [-0.2, -0.15) is 17.6 Å². The number of benzene rings is 2. The molecule has 2 aromatic carbocycles. The van der Waals surface area contributed by atoms with E-state index in [2.05, 4.69) is 21.6 Å². The number of esters is 1. The standard InChI is InChI=1S/C23H18F6N2O3/c1-2-3-4-13-11-30-20(31-12-13)14-5-7-16(17(24)9-14)21(32)33-15-6-8-19(18(25)10-15)34-23(28,29)22(26)27/h5-12,22H,2-4H2,1H3. The number of unbranched alkanes of at least 4 members (excludes halogenated alkanes) is 1. The van der Waals surface area contributed by atoms with E-state index < -0.39 is 47.2 Å². The molecule has 34 heavy (non-hydrogen) atoms. The number of rotatable bonds is 9. The zero-order chi connectivity index (χ0) is 24.9. The van der Waals surface area contributed by atoms with E-state index >= 15 is 0 Å². The molecule has 0 bridgehead atoms. The van der Waals surface area contributed by atoms with Gasteiger partial charge < -0.3 is 9.47 Å². The highest BCUT2D eigenvalue weighted by molar-refractivity contribution is 5.91. The van der Waals surface area contributed by atoms with Crippen molar-refractivity contribution in [1.29, 1.82) is 0 Å². The summed E-state index contributed by atoms with van der Waals surface area (Å²) in [4.78, 5) is 20.7. The topological polar surface area (TPSA) is 61.3 Å². The summed E-state index contributed by atoms with van der Waals surface area (Å²) >= 11 is 0. The molecule has 3 aromatic rings. The van der Waals surface area contributed by atoms with Crippen LogP contribution in [-0.2, 0) is 6.42 Å². The van der Waals surface area contributed by atoms with Crippen LogP contribution in [0, 0.1) is 11.6 Å². The largest absolute Gasteiger partial charge is 0.461 e. The molecular formula is C23H18F6N2O3. The van der Waals surface area contributed by atoms with Gasteiger partial charge in [-0.1, -0.05) is 19.4 Å². The first-order valence-electron chi connectivity index (χ1n) is 10.1. The highest BCUT2D eigenvalue weighted by Crippen LogP contribution is 2.31. The first-order chi connectivity index (χ1) is 16.1. The number of hydrogen-bond donors (Lipinski definition) is 0. The van der Waals surface area contributed by atoms with E-state index in [1.165, 1.54) is 6.07 Å². The number of hydrogen-bond acceptors (Lipinski definition) is 5. The van der Waals surface area contributed by atoms with Crippen LogP contribution in [0.25, 0.3) is 11.4 Å². The molecule has 11 heteroatoms. The second kappa shape index (κ2) is 10.5. The van der Waals surface area contributed by atoms with Gasteiger partial charge in [-0.3, -0.25) is 0 Å². The van der Waals surface area contributed by atoms with Crippen molar-refractivity contribution in [2.24, 2.45) is 0 Å². The van der Waals surface area contributed by atoms with Gasteiger partial charge in [0.25, 0.3) is 0 Å². The van der Waals surface area contributed by atoms with Gasteiger partial charge in [0.1, 0.15) is 11.6 Å². The molecule has 0 atom stereocenters. The molecule has 0 aliphatic rings. The van der Waals surface area contributed by atoms with Gasteiger partial charge >= 0.3 is 18.5 Å². The van der Waals surface area contributed by atoms with Crippen molar-refractivity contribution in [1.82, 2.24) is 9.97 Å². The summed E-state index contributed by atoms with van der Waals surface area (Å²) in [7, 11) is 0. The number of nitrogens with zero attached hydrogens (tertiary/aromatic N) is 2. The second-order valence-electron chi connectivity index (χ2n) is 7.16. The highest BCUT2D eigenvalue weighted by atomic mass is 19.3. The SMILES string of the molecule is CCCCc1cnc(-c2ccc(C(=O)Oc3ccc(OC(F)(F)C(F)F)c(F)c3)c(F)c2)nc1. The molecule has 0 amide bonds. The first kappa shape index (κ1) is 25.0. The van der Waals surface area contributed by atoms with Crippen molar-refractivity contribution in [3.8, 4) is 22.9 Å². The zero-order valence-electron chi connectivity index (χ0n) is 17.7. The van der Waals surface area contributed by atoms with Gasteiger partial charge in [-0.15, -0.1) is 0 Å². The van der Waals surface area contributed by atoms with Crippen LogP contribution in [0.4, 0.5) is 26.3 Å². The van der Waals surface area contributed by atoms with Crippen molar-refractivity contribution >= 4 is 5.97 Å². The Labute approximate surface area is 190 Å². The van der Waals surface area contributed by atoms with E-state index in [0.29, 0.717) is 17.7 Å². The number of aromatic nitrogens is 2. The molecule has 3 rings (SSSR count). The van der Waals surface area contributed by atoms with Crippen molar-refractivity contribution in [3.05, 3.63) is 71.6 Å².